The van der Waals surface area contributed by atoms with E-state index in [4.69, 9.17) is 0 Å². The van der Waals surface area contributed by atoms with Crippen molar-refractivity contribution in [3.8, 4) is 0 Å². The first kappa shape index (κ1) is 14.6. The summed E-state index contributed by atoms with van der Waals surface area (Å²) in [4.78, 5) is 16.4. The molecular formula is C16H17N7O. The van der Waals surface area contributed by atoms with E-state index in [-0.39, 0.29) is 5.91 Å². The second-order valence-electron chi connectivity index (χ2n) is 5.70. The van der Waals surface area contributed by atoms with Gasteiger partial charge in [0.2, 0.25) is 0 Å². The maximum absolute atomic E-state index is 12.4. The topological polar surface area (TPSA) is 101 Å². The van der Waals surface area contributed by atoms with Crippen LogP contribution >= 0.6 is 0 Å². The highest BCUT2D eigenvalue weighted by atomic mass is 16.1. The monoisotopic (exact) mass is 323 g/mol. The Balaban J connectivity index is 1.45. The molecule has 3 N–H and O–H groups in total. The minimum atomic E-state index is -0.194. The van der Waals surface area contributed by atoms with Crippen molar-refractivity contribution in [2.75, 3.05) is 11.9 Å². The van der Waals surface area contributed by atoms with Crippen molar-refractivity contribution >= 4 is 11.6 Å². The Hall–Kier alpha value is -3.00. The molecule has 0 bridgehead atoms. The van der Waals surface area contributed by atoms with E-state index in [9.17, 15) is 4.79 Å². The number of hydrogen-bond donors (Lipinski definition) is 3. The van der Waals surface area contributed by atoms with Gasteiger partial charge in [0, 0.05) is 36.5 Å². The minimum Gasteiger partial charge on any atom is -0.321 e. The summed E-state index contributed by atoms with van der Waals surface area (Å²) >= 11 is 0. The number of fused-ring (bicyclic) bond motifs is 1. The smallest absolute Gasteiger partial charge is 0.276 e. The van der Waals surface area contributed by atoms with Gasteiger partial charge in [0.25, 0.3) is 5.91 Å². The number of H-pyrrole nitrogens is 1. The molecule has 3 heterocycles. The lowest BCUT2D eigenvalue weighted by molar-refractivity contribution is 0.102. The summed E-state index contributed by atoms with van der Waals surface area (Å²) in [5.41, 5.74) is 4.29. The number of rotatable bonds is 4. The number of nitrogens with zero attached hydrogens (tertiary/aromatic N) is 4. The third-order valence-electron chi connectivity index (χ3n) is 4.04. The van der Waals surface area contributed by atoms with Crippen LogP contribution in [0.4, 0.5) is 5.69 Å². The van der Waals surface area contributed by atoms with Gasteiger partial charge in [-0.15, -0.1) is 0 Å². The first-order valence-electron chi connectivity index (χ1n) is 7.79. The quantitative estimate of drug-likeness (QED) is 0.663. The normalized spacial score (nSPS) is 13.5. The molecule has 3 aromatic rings. The third-order valence-corrected chi connectivity index (χ3v) is 4.04. The fraction of sp³-hybridized carbons (Fsp3) is 0.250. The average Bonchev–Trinajstić information content (AvgIpc) is 3.26. The predicted molar refractivity (Wildman–Crippen MR) is 87.5 cm³/mol. The van der Waals surface area contributed by atoms with Gasteiger partial charge in [0.1, 0.15) is 12.7 Å². The van der Waals surface area contributed by atoms with E-state index in [1.54, 1.807) is 11.0 Å². The molecule has 0 saturated heterocycles. The highest BCUT2D eigenvalue weighted by Gasteiger charge is 2.21. The molecule has 0 unspecified atom stereocenters. The summed E-state index contributed by atoms with van der Waals surface area (Å²) in [6, 6.07) is 7.67. The number of carbonyl (C=O) groups excluding carboxylic acids is 1. The van der Waals surface area contributed by atoms with Gasteiger partial charge in [0.15, 0.2) is 5.69 Å². The molecule has 0 saturated carbocycles. The Morgan fingerprint density at radius 2 is 2.17 bits per heavy atom. The van der Waals surface area contributed by atoms with Crippen LogP contribution in [-0.2, 0) is 19.5 Å². The van der Waals surface area contributed by atoms with E-state index in [1.165, 1.54) is 6.33 Å². The molecule has 24 heavy (non-hydrogen) atoms. The van der Waals surface area contributed by atoms with E-state index >= 15 is 0 Å². The zero-order chi connectivity index (χ0) is 16.4. The highest BCUT2D eigenvalue weighted by molar-refractivity contribution is 6.04. The van der Waals surface area contributed by atoms with Crippen LogP contribution in [0.1, 0.15) is 27.3 Å². The molecule has 8 nitrogen and oxygen atoms in total. The maximum atomic E-state index is 12.4. The molecule has 0 aliphatic carbocycles. The zero-order valence-electron chi connectivity index (χ0n) is 13.0. The molecule has 122 valence electrons. The summed E-state index contributed by atoms with van der Waals surface area (Å²) < 4.78 is 1.75. The van der Waals surface area contributed by atoms with Gasteiger partial charge in [-0.05, 0) is 17.7 Å². The number of nitrogens with one attached hydrogen (secondary N) is 3. The van der Waals surface area contributed by atoms with Gasteiger partial charge in [-0.1, -0.05) is 12.1 Å². The number of benzene rings is 1. The van der Waals surface area contributed by atoms with E-state index in [1.807, 2.05) is 24.3 Å². The lowest BCUT2D eigenvalue weighted by Gasteiger charge is -2.13. The van der Waals surface area contributed by atoms with Crippen molar-refractivity contribution in [1.82, 2.24) is 30.3 Å². The highest BCUT2D eigenvalue weighted by Crippen LogP contribution is 2.17. The van der Waals surface area contributed by atoms with Crippen molar-refractivity contribution in [1.29, 1.82) is 0 Å². The van der Waals surface area contributed by atoms with Crippen LogP contribution in [0.15, 0.2) is 36.9 Å². The maximum Gasteiger partial charge on any atom is 0.276 e. The van der Waals surface area contributed by atoms with Gasteiger partial charge < -0.3 is 10.6 Å². The van der Waals surface area contributed by atoms with Crippen LogP contribution in [0.5, 0.6) is 0 Å². The van der Waals surface area contributed by atoms with Gasteiger partial charge in [0.05, 0.1) is 6.54 Å². The number of anilines is 1. The summed E-state index contributed by atoms with van der Waals surface area (Å²) in [6.45, 7) is 2.22. The van der Waals surface area contributed by atoms with Gasteiger partial charge >= 0.3 is 0 Å². The molecule has 0 spiro atoms. The van der Waals surface area contributed by atoms with Crippen LogP contribution in [0.2, 0.25) is 0 Å². The second kappa shape index (κ2) is 6.25. The number of aromatic nitrogens is 5. The summed E-state index contributed by atoms with van der Waals surface area (Å²) in [5, 5.41) is 17.4. The Labute approximate surface area is 138 Å². The van der Waals surface area contributed by atoms with Crippen molar-refractivity contribution in [3.63, 3.8) is 0 Å². The molecule has 0 radical (unpaired) electrons. The fourth-order valence-corrected chi connectivity index (χ4v) is 2.80. The van der Waals surface area contributed by atoms with Gasteiger partial charge in [-0.2, -0.15) is 10.2 Å². The first-order valence-corrected chi connectivity index (χ1v) is 7.79. The van der Waals surface area contributed by atoms with Crippen LogP contribution < -0.4 is 10.6 Å². The first-order chi connectivity index (χ1) is 11.8. The molecule has 0 atom stereocenters. The molecule has 4 rings (SSSR count). The third kappa shape index (κ3) is 2.91. The lowest BCUT2D eigenvalue weighted by atomic mass is 10.1. The largest absolute Gasteiger partial charge is 0.321 e. The Morgan fingerprint density at radius 3 is 2.96 bits per heavy atom. The predicted octanol–water partition coefficient (Wildman–Crippen LogP) is 0.947. The summed E-state index contributed by atoms with van der Waals surface area (Å²) in [5.74, 6) is -0.194. The van der Waals surface area contributed by atoms with Crippen LogP contribution in [0, 0.1) is 0 Å². The summed E-state index contributed by atoms with van der Waals surface area (Å²) in [6.07, 6.45) is 4.05. The summed E-state index contributed by atoms with van der Waals surface area (Å²) in [7, 11) is 0. The Bertz CT molecular complexity index is 836. The Morgan fingerprint density at radius 1 is 1.29 bits per heavy atom. The minimum absolute atomic E-state index is 0.194. The van der Waals surface area contributed by atoms with Crippen molar-refractivity contribution in [3.05, 3.63) is 59.4 Å². The standard InChI is InChI=1S/C16H17N7O/c24-16(15-13-7-17-6-5-14(13)21-22-15)20-12-3-1-11(2-4-12)8-23-10-18-9-19-23/h1-4,9-10,17H,5-8H2,(H,20,24)(H,21,22). The van der Waals surface area contributed by atoms with Crippen LogP contribution in [-0.4, -0.2) is 37.4 Å². The SMILES string of the molecule is O=C(Nc1ccc(Cn2cncn2)cc1)c1n[nH]c2c1CNCC2. The van der Waals surface area contributed by atoms with E-state index < -0.39 is 0 Å². The van der Waals surface area contributed by atoms with E-state index in [0.717, 1.165) is 35.5 Å². The van der Waals surface area contributed by atoms with Gasteiger partial charge in [-0.3, -0.25) is 9.89 Å². The molecule has 1 aliphatic rings. The number of aromatic amines is 1. The van der Waals surface area contributed by atoms with Crippen LogP contribution in [0.25, 0.3) is 0 Å². The van der Waals surface area contributed by atoms with E-state index in [0.29, 0.717) is 18.8 Å². The lowest BCUT2D eigenvalue weighted by Crippen LogP contribution is -2.25. The molecule has 2 aromatic heterocycles. The van der Waals surface area contributed by atoms with Gasteiger partial charge in [-0.25, -0.2) is 9.67 Å². The molecule has 1 amide bonds. The fourth-order valence-electron chi connectivity index (χ4n) is 2.80. The molecule has 1 aliphatic heterocycles. The molecule has 1 aromatic carbocycles. The van der Waals surface area contributed by atoms with E-state index in [2.05, 4.69) is 30.9 Å². The molecular weight excluding hydrogens is 306 g/mol. The number of hydrogen-bond acceptors (Lipinski definition) is 5. The van der Waals surface area contributed by atoms with Crippen molar-refractivity contribution in [2.24, 2.45) is 0 Å². The molecule has 0 fully saturated rings. The van der Waals surface area contributed by atoms with Crippen molar-refractivity contribution < 1.29 is 4.79 Å². The van der Waals surface area contributed by atoms with Crippen molar-refractivity contribution in [2.45, 2.75) is 19.5 Å². The average molecular weight is 323 g/mol. The number of amides is 1. The van der Waals surface area contributed by atoms with Crippen LogP contribution in [0.3, 0.4) is 0 Å². The second-order valence-corrected chi connectivity index (χ2v) is 5.70. The number of carbonyl (C=O) groups is 1. The molecule has 8 heteroatoms. The zero-order valence-corrected chi connectivity index (χ0v) is 13.0. The Kier molecular flexibility index (Phi) is 3.80.